The predicted molar refractivity (Wildman–Crippen MR) is 124 cm³/mol. The van der Waals surface area contributed by atoms with Crippen molar-refractivity contribution in [3.8, 4) is 0 Å². The molecular formula is C25H26N4O2. The molecule has 0 spiro atoms. The summed E-state index contributed by atoms with van der Waals surface area (Å²) in [5.41, 5.74) is 1.26. The lowest BCUT2D eigenvalue weighted by Gasteiger charge is -2.34. The van der Waals surface area contributed by atoms with Crippen molar-refractivity contribution in [2.45, 2.75) is 32.2 Å². The van der Waals surface area contributed by atoms with Gasteiger partial charge in [0, 0.05) is 18.8 Å². The van der Waals surface area contributed by atoms with Gasteiger partial charge in [-0.1, -0.05) is 37.6 Å². The minimum Gasteiger partial charge on any atom is -0.350 e. The summed E-state index contributed by atoms with van der Waals surface area (Å²) in [4.78, 5) is 33.4. The number of hydrogen-bond acceptors (Lipinski definition) is 4. The molecule has 1 atom stereocenters. The zero-order chi connectivity index (χ0) is 21.4. The number of pyridine rings is 1. The highest BCUT2D eigenvalue weighted by Crippen LogP contribution is 2.21. The summed E-state index contributed by atoms with van der Waals surface area (Å²) in [7, 11) is 0. The van der Waals surface area contributed by atoms with Crippen LogP contribution >= 0.6 is 0 Å². The minimum atomic E-state index is -0.188. The Labute approximate surface area is 180 Å². The number of nitrogens with zero attached hydrogens (tertiary/aromatic N) is 3. The summed E-state index contributed by atoms with van der Waals surface area (Å²) in [5, 5.41) is 5.65. The Bertz CT molecular complexity index is 1340. The number of hydrogen-bond donors (Lipinski definition) is 1. The Balaban J connectivity index is 1.53. The van der Waals surface area contributed by atoms with E-state index in [-0.39, 0.29) is 11.5 Å². The number of piperidine rings is 1. The molecular weight excluding hydrogens is 388 g/mol. The van der Waals surface area contributed by atoms with Crippen molar-refractivity contribution >= 4 is 33.2 Å². The number of aromatic nitrogens is 2. The quantitative estimate of drug-likeness (QED) is 0.518. The fraction of sp³-hybridized carbons (Fsp3) is 0.320. The molecule has 2 aromatic heterocycles. The van der Waals surface area contributed by atoms with Crippen LogP contribution in [0.3, 0.4) is 0 Å². The number of carbonyl (C=O) groups excluding carboxylic acids is 1. The summed E-state index contributed by atoms with van der Waals surface area (Å²) >= 11 is 0. The number of nitrogens with one attached hydrogen (secondary N) is 1. The summed E-state index contributed by atoms with van der Waals surface area (Å²) in [5.74, 6) is -0.188. The number of fused-ring (bicyclic) bond motifs is 3. The van der Waals surface area contributed by atoms with E-state index in [1.807, 2.05) is 36.4 Å². The van der Waals surface area contributed by atoms with Crippen LogP contribution in [0.4, 0.5) is 0 Å². The van der Waals surface area contributed by atoms with E-state index in [2.05, 4.69) is 17.1 Å². The molecule has 1 aliphatic heterocycles. The molecule has 158 valence electrons. The molecule has 1 unspecified atom stereocenters. The predicted octanol–water partition coefficient (Wildman–Crippen LogP) is 3.61. The van der Waals surface area contributed by atoms with Crippen LogP contribution in [0.1, 0.15) is 36.5 Å². The van der Waals surface area contributed by atoms with Gasteiger partial charge in [-0.2, -0.15) is 0 Å². The van der Waals surface area contributed by atoms with Gasteiger partial charge in [0.25, 0.3) is 11.5 Å². The van der Waals surface area contributed by atoms with E-state index >= 15 is 0 Å². The lowest BCUT2D eigenvalue weighted by atomic mass is 10.0. The maximum atomic E-state index is 13.2. The topological polar surface area (TPSA) is 66.7 Å². The zero-order valence-corrected chi connectivity index (χ0v) is 17.7. The van der Waals surface area contributed by atoms with Crippen molar-refractivity contribution in [3.63, 3.8) is 0 Å². The second-order valence-electron chi connectivity index (χ2n) is 8.24. The van der Waals surface area contributed by atoms with Crippen LogP contribution in [0.5, 0.6) is 0 Å². The first kappa shape index (κ1) is 19.7. The lowest BCUT2D eigenvalue weighted by molar-refractivity contribution is 0.0919. The summed E-state index contributed by atoms with van der Waals surface area (Å²) < 4.78 is 1.48. The van der Waals surface area contributed by atoms with Crippen LogP contribution in [0.15, 0.2) is 59.5 Å². The van der Waals surface area contributed by atoms with Crippen molar-refractivity contribution in [3.05, 3.63) is 70.6 Å². The average Bonchev–Trinajstić information content (AvgIpc) is 2.81. The second-order valence-corrected chi connectivity index (χ2v) is 8.24. The van der Waals surface area contributed by atoms with E-state index in [4.69, 9.17) is 4.98 Å². The number of rotatable bonds is 4. The molecule has 1 saturated heterocycles. The Hall–Kier alpha value is -3.25. The minimum absolute atomic E-state index is 0.162. The third kappa shape index (κ3) is 3.57. The third-order valence-electron chi connectivity index (χ3n) is 6.40. The van der Waals surface area contributed by atoms with E-state index in [0.29, 0.717) is 34.7 Å². The van der Waals surface area contributed by atoms with E-state index in [1.165, 1.54) is 17.2 Å². The van der Waals surface area contributed by atoms with Gasteiger partial charge in [-0.25, -0.2) is 4.98 Å². The average molecular weight is 415 g/mol. The van der Waals surface area contributed by atoms with Gasteiger partial charge in [0.15, 0.2) is 5.65 Å². The lowest BCUT2D eigenvalue weighted by Crippen LogP contribution is -2.46. The van der Waals surface area contributed by atoms with Crippen molar-refractivity contribution < 1.29 is 4.79 Å². The number of likely N-dealkylation sites (tertiary alicyclic amines) is 1. The van der Waals surface area contributed by atoms with E-state index in [1.54, 1.807) is 18.3 Å². The molecule has 0 aliphatic carbocycles. The van der Waals surface area contributed by atoms with Gasteiger partial charge in [-0.15, -0.1) is 0 Å². The molecule has 6 nitrogen and oxygen atoms in total. The molecule has 1 amide bonds. The van der Waals surface area contributed by atoms with Gasteiger partial charge in [0.05, 0.1) is 16.5 Å². The summed E-state index contributed by atoms with van der Waals surface area (Å²) in [6.07, 6.45) is 5.19. The van der Waals surface area contributed by atoms with Crippen molar-refractivity contribution in [1.29, 1.82) is 0 Å². The number of amides is 1. The summed E-state index contributed by atoms with van der Waals surface area (Å²) in [6, 6.07) is 15.5. The molecule has 0 saturated carbocycles. The zero-order valence-electron chi connectivity index (χ0n) is 17.7. The highest BCUT2D eigenvalue weighted by atomic mass is 16.2. The first-order chi connectivity index (χ1) is 15.2. The van der Waals surface area contributed by atoms with E-state index in [0.717, 1.165) is 30.3 Å². The SMILES string of the molecule is CCN1CCCCC1CNC(=O)c1cccn2c(=O)c3cc4ccccc4cc3nc12. The second kappa shape index (κ2) is 8.12. The van der Waals surface area contributed by atoms with Gasteiger partial charge >= 0.3 is 0 Å². The Morgan fingerprint density at radius 2 is 1.94 bits per heavy atom. The van der Waals surface area contributed by atoms with Crippen molar-refractivity contribution in [1.82, 2.24) is 19.6 Å². The monoisotopic (exact) mass is 414 g/mol. The fourth-order valence-corrected chi connectivity index (χ4v) is 4.70. The van der Waals surface area contributed by atoms with Crippen LogP contribution in [0, 0.1) is 0 Å². The van der Waals surface area contributed by atoms with Gasteiger partial charge in [-0.3, -0.25) is 18.9 Å². The van der Waals surface area contributed by atoms with E-state index in [9.17, 15) is 9.59 Å². The molecule has 1 fully saturated rings. The van der Waals surface area contributed by atoms with Crippen LogP contribution in [0.2, 0.25) is 0 Å². The molecule has 1 aliphatic rings. The molecule has 4 aromatic rings. The Morgan fingerprint density at radius 1 is 1.13 bits per heavy atom. The van der Waals surface area contributed by atoms with Crippen molar-refractivity contribution in [2.75, 3.05) is 19.6 Å². The van der Waals surface area contributed by atoms with Gasteiger partial charge in [0.2, 0.25) is 0 Å². The number of benzene rings is 2. The summed E-state index contributed by atoms with van der Waals surface area (Å²) in [6.45, 7) is 4.85. The van der Waals surface area contributed by atoms with Crippen LogP contribution in [-0.4, -0.2) is 45.9 Å². The fourth-order valence-electron chi connectivity index (χ4n) is 4.70. The molecule has 31 heavy (non-hydrogen) atoms. The third-order valence-corrected chi connectivity index (χ3v) is 6.40. The van der Waals surface area contributed by atoms with E-state index < -0.39 is 0 Å². The molecule has 0 radical (unpaired) electrons. The maximum Gasteiger partial charge on any atom is 0.265 e. The van der Waals surface area contributed by atoms with Gasteiger partial charge in [-0.05, 0) is 61.0 Å². The van der Waals surface area contributed by atoms with Crippen LogP contribution in [0.25, 0.3) is 27.3 Å². The number of carbonyl (C=O) groups is 1. The maximum absolute atomic E-state index is 13.2. The van der Waals surface area contributed by atoms with Crippen molar-refractivity contribution in [2.24, 2.45) is 0 Å². The van der Waals surface area contributed by atoms with Crippen LogP contribution < -0.4 is 10.9 Å². The molecule has 3 heterocycles. The normalized spacial score (nSPS) is 17.4. The van der Waals surface area contributed by atoms with Gasteiger partial charge in [0.1, 0.15) is 0 Å². The first-order valence-corrected chi connectivity index (χ1v) is 11.0. The highest BCUT2D eigenvalue weighted by Gasteiger charge is 2.22. The smallest absolute Gasteiger partial charge is 0.265 e. The van der Waals surface area contributed by atoms with Crippen LogP contribution in [-0.2, 0) is 0 Å². The largest absolute Gasteiger partial charge is 0.350 e. The number of likely N-dealkylation sites (N-methyl/N-ethyl adjacent to an activating group) is 1. The highest BCUT2D eigenvalue weighted by molar-refractivity contribution is 6.02. The molecule has 5 rings (SSSR count). The Kier molecular flexibility index (Phi) is 5.16. The molecule has 1 N–H and O–H groups in total. The molecule has 0 bridgehead atoms. The molecule has 2 aromatic carbocycles. The standard InChI is InChI=1S/C25H26N4O2/c1-2-28-12-6-5-10-19(28)16-26-24(30)20-11-7-13-29-23(20)27-22-15-18-9-4-3-8-17(18)14-21(22)25(29)31/h3-4,7-9,11,13-15,19H,2,5-6,10,12,16H2,1H3,(H,26,30). The first-order valence-electron chi connectivity index (χ1n) is 11.0. The molecule has 6 heteroatoms. The Morgan fingerprint density at radius 3 is 2.74 bits per heavy atom. The van der Waals surface area contributed by atoms with Gasteiger partial charge < -0.3 is 5.32 Å².